The highest BCUT2D eigenvalue weighted by molar-refractivity contribution is 5.74. The molecule has 0 spiro atoms. The van der Waals surface area contributed by atoms with E-state index in [1.165, 1.54) is 10.8 Å². The number of nitrogens with zero attached hydrogens (tertiary/aromatic N) is 7. The Morgan fingerprint density at radius 2 is 2.13 bits per heavy atom. The van der Waals surface area contributed by atoms with Crippen LogP contribution in [0.2, 0.25) is 0 Å². The maximum atomic E-state index is 13.4. The molecule has 31 heavy (non-hydrogen) atoms. The first-order chi connectivity index (χ1) is 16.1. The summed E-state index contributed by atoms with van der Waals surface area (Å²) in [5.74, 6) is 3.54. The van der Waals surface area contributed by atoms with Crippen LogP contribution in [0.15, 0.2) is 23.3 Å². The van der Waals surface area contributed by atoms with E-state index in [1.54, 1.807) is 17.6 Å². The van der Waals surface area contributed by atoms with Gasteiger partial charge in [0.25, 0.3) is 0 Å². The summed E-state index contributed by atoms with van der Waals surface area (Å²) in [5.41, 5.74) is 0.685. The Morgan fingerprint density at radius 1 is 1.32 bits per heavy atom. The van der Waals surface area contributed by atoms with Crippen LogP contribution in [0.1, 0.15) is 28.3 Å². The lowest BCUT2D eigenvalue weighted by molar-refractivity contribution is 0.0457. The van der Waals surface area contributed by atoms with Crippen LogP contribution in [-0.2, 0) is 17.3 Å². The van der Waals surface area contributed by atoms with Crippen molar-refractivity contribution in [3.05, 3.63) is 40.3 Å². The van der Waals surface area contributed by atoms with Crippen molar-refractivity contribution < 1.29 is 8.85 Å². The molecule has 0 unspecified atom stereocenters. The standard InChI is InChI=1S/C21H22N8O2/c1-5-21(6-8-31-9-7-21)29-18-16(27(4)20(29)30)11-22-19(25-18)24-15-12-28-17(10-13(15)2)23-14(3)26-28/h1,10-12H,6-9H2,2-4H3,(H,22,24,25)/i4D3. The minimum Gasteiger partial charge on any atom is -0.381 e. The van der Waals surface area contributed by atoms with E-state index in [9.17, 15) is 4.79 Å². The Kier molecular flexibility index (Phi) is 3.58. The summed E-state index contributed by atoms with van der Waals surface area (Å²) in [6.07, 6.45) is 9.70. The van der Waals surface area contributed by atoms with Gasteiger partial charge in [-0.05, 0) is 25.5 Å². The van der Waals surface area contributed by atoms with Crippen LogP contribution in [0, 0.1) is 26.2 Å². The number of terminal acetylenes is 1. The van der Waals surface area contributed by atoms with Gasteiger partial charge < -0.3 is 10.1 Å². The number of hydrogen-bond acceptors (Lipinski definition) is 7. The van der Waals surface area contributed by atoms with Gasteiger partial charge in [0, 0.05) is 37.1 Å². The summed E-state index contributed by atoms with van der Waals surface area (Å²) in [5, 5.41) is 7.46. The maximum Gasteiger partial charge on any atom is 0.331 e. The van der Waals surface area contributed by atoms with Crippen LogP contribution in [0.4, 0.5) is 11.6 Å². The molecule has 4 aromatic rings. The molecule has 10 heteroatoms. The lowest BCUT2D eigenvalue weighted by Crippen LogP contribution is -2.44. The first kappa shape index (κ1) is 16.0. The van der Waals surface area contributed by atoms with Gasteiger partial charge in [0.05, 0.1) is 18.1 Å². The average Bonchev–Trinajstić information content (AvgIpc) is 3.29. The van der Waals surface area contributed by atoms with Crippen molar-refractivity contribution in [3.63, 3.8) is 0 Å². The Morgan fingerprint density at radius 3 is 2.87 bits per heavy atom. The Bertz CT molecular complexity index is 1520. The van der Waals surface area contributed by atoms with Crippen molar-refractivity contribution >= 4 is 28.4 Å². The number of fused-ring (bicyclic) bond motifs is 2. The van der Waals surface area contributed by atoms with E-state index in [0.717, 1.165) is 10.1 Å². The molecule has 0 aromatic carbocycles. The summed E-state index contributed by atoms with van der Waals surface area (Å²) in [6, 6.07) is 1.87. The van der Waals surface area contributed by atoms with Gasteiger partial charge >= 0.3 is 5.69 Å². The Balaban J connectivity index is 1.69. The molecule has 0 radical (unpaired) electrons. The predicted octanol–water partition coefficient (Wildman–Crippen LogP) is 1.67. The van der Waals surface area contributed by atoms with Crippen LogP contribution in [0.3, 0.4) is 0 Å². The molecule has 0 bridgehead atoms. The lowest BCUT2D eigenvalue weighted by atomic mass is 9.91. The molecule has 5 rings (SSSR count). The van der Waals surface area contributed by atoms with E-state index in [2.05, 4.69) is 31.3 Å². The quantitative estimate of drug-likeness (QED) is 0.502. The number of aromatic nitrogens is 7. The first-order valence-electron chi connectivity index (χ1n) is 11.3. The molecular formula is C21H22N8O2. The molecule has 1 N–H and O–H groups in total. The predicted molar refractivity (Wildman–Crippen MR) is 115 cm³/mol. The van der Waals surface area contributed by atoms with Crippen LogP contribution in [0.5, 0.6) is 0 Å². The van der Waals surface area contributed by atoms with E-state index in [1.807, 2.05) is 13.0 Å². The van der Waals surface area contributed by atoms with Crippen LogP contribution < -0.4 is 11.0 Å². The second-order valence-electron chi connectivity index (χ2n) is 7.60. The van der Waals surface area contributed by atoms with Gasteiger partial charge in [0.2, 0.25) is 5.95 Å². The molecule has 1 fully saturated rings. The van der Waals surface area contributed by atoms with Crippen molar-refractivity contribution in [1.29, 1.82) is 0 Å². The number of nitrogens with one attached hydrogen (secondary N) is 1. The summed E-state index contributed by atoms with van der Waals surface area (Å²) < 4.78 is 32.8. The van der Waals surface area contributed by atoms with Crippen molar-refractivity contribution in [3.8, 4) is 12.3 Å². The zero-order valence-electron chi connectivity index (χ0n) is 20.1. The fourth-order valence-electron chi connectivity index (χ4n) is 3.96. The molecule has 0 aliphatic carbocycles. The summed E-state index contributed by atoms with van der Waals surface area (Å²) in [4.78, 5) is 26.6. The molecule has 1 saturated heterocycles. The third-order valence-corrected chi connectivity index (χ3v) is 5.63. The fraction of sp³-hybridized carbons (Fsp3) is 0.381. The lowest BCUT2D eigenvalue weighted by Gasteiger charge is -2.33. The van der Waals surface area contributed by atoms with Gasteiger partial charge in [0.1, 0.15) is 16.9 Å². The number of hydrogen-bond donors (Lipinski definition) is 1. The molecule has 0 saturated carbocycles. The van der Waals surface area contributed by atoms with Gasteiger partial charge in [-0.25, -0.2) is 19.3 Å². The SMILES string of the molecule is [2H]C([2H])([2H])n1c(=O)n(C2(C#C)CCOCC2)c2nc(Nc3cn4nc(C)nc4cc3C)ncc21. The van der Waals surface area contributed by atoms with E-state index in [-0.39, 0.29) is 17.1 Å². The summed E-state index contributed by atoms with van der Waals surface area (Å²) >= 11 is 0. The molecule has 0 atom stereocenters. The van der Waals surface area contributed by atoms with E-state index >= 15 is 0 Å². The third-order valence-electron chi connectivity index (χ3n) is 5.63. The molecule has 0 amide bonds. The molecule has 4 aromatic heterocycles. The van der Waals surface area contributed by atoms with Gasteiger partial charge in [-0.3, -0.25) is 9.13 Å². The Labute approximate surface area is 182 Å². The highest BCUT2D eigenvalue weighted by atomic mass is 16.5. The zero-order valence-corrected chi connectivity index (χ0v) is 17.1. The largest absolute Gasteiger partial charge is 0.381 e. The summed E-state index contributed by atoms with van der Waals surface area (Å²) in [6.45, 7) is 1.68. The van der Waals surface area contributed by atoms with E-state index in [4.69, 9.17) is 15.3 Å². The number of pyridine rings is 1. The van der Waals surface area contributed by atoms with Gasteiger partial charge in [-0.2, -0.15) is 10.1 Å². The number of imidazole rings is 1. The molecule has 158 valence electrons. The molecule has 10 nitrogen and oxygen atoms in total. The average molecular weight is 421 g/mol. The van der Waals surface area contributed by atoms with E-state index in [0.29, 0.717) is 43.2 Å². The monoisotopic (exact) mass is 421 g/mol. The zero-order chi connectivity index (χ0) is 24.3. The highest BCUT2D eigenvalue weighted by Gasteiger charge is 2.36. The minimum atomic E-state index is -2.73. The smallest absolute Gasteiger partial charge is 0.331 e. The number of ether oxygens (including phenoxy) is 1. The molecule has 5 heterocycles. The van der Waals surface area contributed by atoms with Gasteiger partial charge in [-0.1, -0.05) is 5.92 Å². The molecule has 1 aliphatic rings. The van der Waals surface area contributed by atoms with Crippen LogP contribution in [0.25, 0.3) is 16.8 Å². The molecular weight excluding hydrogens is 396 g/mol. The number of aryl methyl sites for hydroxylation is 3. The highest BCUT2D eigenvalue weighted by Crippen LogP contribution is 2.30. The number of anilines is 2. The van der Waals surface area contributed by atoms with Gasteiger partial charge in [-0.15, -0.1) is 6.42 Å². The van der Waals surface area contributed by atoms with Crippen LogP contribution in [-0.4, -0.2) is 46.9 Å². The van der Waals surface area contributed by atoms with Crippen molar-refractivity contribution in [1.82, 2.24) is 33.7 Å². The third kappa shape index (κ3) is 2.97. The molecule has 1 aliphatic heterocycles. The topological polar surface area (TPSA) is 104 Å². The van der Waals surface area contributed by atoms with E-state index < -0.39 is 18.2 Å². The normalized spacial score (nSPS) is 17.8. The van der Waals surface area contributed by atoms with Crippen molar-refractivity contribution in [2.24, 2.45) is 6.98 Å². The number of rotatable bonds is 3. The minimum absolute atomic E-state index is 0.0794. The second kappa shape index (κ2) is 6.92. The van der Waals surface area contributed by atoms with Gasteiger partial charge in [0.15, 0.2) is 11.3 Å². The fourth-order valence-corrected chi connectivity index (χ4v) is 3.96. The maximum absolute atomic E-state index is 13.4. The van der Waals surface area contributed by atoms with Crippen LogP contribution >= 0.6 is 0 Å². The first-order valence-corrected chi connectivity index (χ1v) is 9.81. The Hall–Kier alpha value is -3.71. The summed E-state index contributed by atoms with van der Waals surface area (Å²) in [7, 11) is 0. The van der Waals surface area contributed by atoms with Crippen molar-refractivity contribution in [2.75, 3.05) is 18.5 Å². The van der Waals surface area contributed by atoms with Crippen molar-refractivity contribution in [2.45, 2.75) is 32.2 Å². The second-order valence-corrected chi connectivity index (χ2v) is 7.60.